The predicted molar refractivity (Wildman–Crippen MR) is 204 cm³/mol. The standard InChI is InChI=1S/C37H54F2N4O9SSi/c1-10-54(11-2,12-3)52-31(25-14-13-15-26(22-25)41-53(46,47)28-17-18-28)24-42(34(44)50-36(4,5)6)20-21-48-27-16-19-29-30(23-27)43(35(45)51-37(7,8)9)40-32(29)49-33(38)39/h13-16,19,22-23,28,31,33,41H,10-12,17-18,20-21,24H2,1-9H3. The molecule has 1 aliphatic carbocycles. The van der Waals surface area contributed by atoms with Crippen LogP contribution in [0.5, 0.6) is 11.6 Å². The van der Waals surface area contributed by atoms with Gasteiger partial charge in [0, 0.05) is 11.8 Å². The molecule has 0 spiro atoms. The Morgan fingerprint density at radius 1 is 0.981 bits per heavy atom. The van der Waals surface area contributed by atoms with Gasteiger partial charge in [-0.3, -0.25) is 4.72 Å². The summed E-state index contributed by atoms with van der Waals surface area (Å²) in [7, 11) is -5.80. The number of halogens is 2. The summed E-state index contributed by atoms with van der Waals surface area (Å²) in [5.74, 6) is -0.187. The highest BCUT2D eigenvalue weighted by Crippen LogP contribution is 2.34. The molecule has 1 saturated carbocycles. The molecule has 54 heavy (non-hydrogen) atoms. The lowest BCUT2D eigenvalue weighted by Gasteiger charge is -2.36. The van der Waals surface area contributed by atoms with Crippen molar-refractivity contribution < 1.29 is 50.2 Å². The van der Waals surface area contributed by atoms with Crippen LogP contribution in [0.3, 0.4) is 0 Å². The van der Waals surface area contributed by atoms with E-state index in [0.717, 1.165) is 22.8 Å². The van der Waals surface area contributed by atoms with Crippen LogP contribution in [-0.2, 0) is 23.9 Å². The van der Waals surface area contributed by atoms with Crippen LogP contribution < -0.4 is 14.2 Å². The first-order valence-corrected chi connectivity index (χ1v) is 22.4. The minimum Gasteiger partial charge on any atom is -0.492 e. The highest BCUT2D eigenvalue weighted by Gasteiger charge is 2.37. The van der Waals surface area contributed by atoms with Gasteiger partial charge in [-0.15, -0.1) is 5.10 Å². The summed E-state index contributed by atoms with van der Waals surface area (Å²) in [6, 6.07) is 14.0. The van der Waals surface area contributed by atoms with Gasteiger partial charge in [0.05, 0.1) is 35.3 Å². The smallest absolute Gasteiger partial charge is 0.435 e. The molecule has 1 aliphatic rings. The van der Waals surface area contributed by atoms with E-state index < -0.39 is 65.6 Å². The van der Waals surface area contributed by atoms with E-state index in [-0.39, 0.29) is 36.3 Å². The van der Waals surface area contributed by atoms with Gasteiger partial charge in [-0.2, -0.15) is 13.5 Å². The molecule has 1 fully saturated rings. The molecule has 1 unspecified atom stereocenters. The fourth-order valence-electron chi connectivity index (χ4n) is 5.77. The SMILES string of the molecule is CC[Si](CC)(CC)OC(CN(CCOc1ccc2c(OC(F)F)nn(C(=O)OC(C)(C)C)c2c1)C(=O)OC(C)(C)C)c1cccc(NS(=O)(=O)C2CC2)c1. The third kappa shape index (κ3) is 11.8. The Bertz CT molecular complexity index is 1860. The van der Waals surface area contributed by atoms with Crippen LogP contribution in [0, 0.1) is 0 Å². The third-order valence-electron chi connectivity index (χ3n) is 8.86. The van der Waals surface area contributed by atoms with Crippen molar-refractivity contribution in [2.75, 3.05) is 24.4 Å². The molecule has 1 N–H and O–H groups in total. The lowest BCUT2D eigenvalue weighted by atomic mass is 10.1. The number of alkyl halides is 2. The van der Waals surface area contributed by atoms with Crippen LogP contribution in [0.1, 0.15) is 86.8 Å². The van der Waals surface area contributed by atoms with E-state index in [1.54, 1.807) is 59.7 Å². The third-order valence-corrected chi connectivity index (χ3v) is 15.4. The molecule has 1 amide bonds. The Hall–Kier alpha value is -3.96. The van der Waals surface area contributed by atoms with Crippen molar-refractivity contribution in [1.29, 1.82) is 0 Å². The monoisotopic (exact) mass is 796 g/mol. The summed E-state index contributed by atoms with van der Waals surface area (Å²) < 4.78 is 84.4. The van der Waals surface area contributed by atoms with E-state index in [2.05, 4.69) is 35.3 Å². The highest BCUT2D eigenvalue weighted by molar-refractivity contribution is 7.93. The Labute approximate surface area is 317 Å². The molecule has 17 heteroatoms. The van der Waals surface area contributed by atoms with Crippen LogP contribution in [0.25, 0.3) is 10.9 Å². The summed E-state index contributed by atoms with van der Waals surface area (Å²) in [4.78, 5) is 28.2. The molecule has 0 aliphatic heterocycles. The summed E-state index contributed by atoms with van der Waals surface area (Å²) in [6.45, 7) is 13.5. The van der Waals surface area contributed by atoms with Crippen molar-refractivity contribution in [2.24, 2.45) is 0 Å². The zero-order valence-electron chi connectivity index (χ0n) is 32.6. The largest absolute Gasteiger partial charge is 0.492 e. The summed E-state index contributed by atoms with van der Waals surface area (Å²) >= 11 is 0. The number of hydrogen-bond acceptors (Lipinski definition) is 10. The molecular formula is C37H54F2N4O9SSi. The molecule has 300 valence electrons. The maximum absolute atomic E-state index is 13.8. The van der Waals surface area contributed by atoms with Crippen molar-refractivity contribution in [3.8, 4) is 11.6 Å². The van der Waals surface area contributed by atoms with Crippen molar-refractivity contribution in [2.45, 2.75) is 122 Å². The molecule has 13 nitrogen and oxygen atoms in total. The van der Waals surface area contributed by atoms with Gasteiger partial charge in [0.15, 0.2) is 8.32 Å². The molecule has 3 aromatic rings. The average molecular weight is 797 g/mol. The minimum absolute atomic E-state index is 0.0302. The van der Waals surface area contributed by atoms with Crippen LogP contribution >= 0.6 is 0 Å². The van der Waals surface area contributed by atoms with Crippen molar-refractivity contribution in [1.82, 2.24) is 14.7 Å². The Balaban J connectivity index is 1.64. The van der Waals surface area contributed by atoms with Crippen LogP contribution in [0.15, 0.2) is 42.5 Å². The van der Waals surface area contributed by atoms with Crippen molar-refractivity contribution in [3.05, 3.63) is 48.0 Å². The second kappa shape index (κ2) is 17.2. The van der Waals surface area contributed by atoms with Gasteiger partial charge in [0.25, 0.3) is 0 Å². The summed E-state index contributed by atoms with van der Waals surface area (Å²) in [6.07, 6.45) is -0.871. The number of rotatable bonds is 17. The van der Waals surface area contributed by atoms with Gasteiger partial charge >= 0.3 is 18.8 Å². The van der Waals surface area contributed by atoms with Gasteiger partial charge in [0.2, 0.25) is 15.9 Å². The lowest BCUT2D eigenvalue weighted by Crippen LogP contribution is -2.45. The summed E-state index contributed by atoms with van der Waals surface area (Å²) in [5.41, 5.74) is -0.465. The molecule has 1 aromatic heterocycles. The van der Waals surface area contributed by atoms with E-state index in [0.29, 0.717) is 24.1 Å². The fourth-order valence-corrected chi connectivity index (χ4v) is 9.96. The van der Waals surface area contributed by atoms with Crippen LogP contribution in [-0.4, -0.2) is 86.4 Å². The Morgan fingerprint density at radius 3 is 2.20 bits per heavy atom. The quantitative estimate of drug-likeness (QED) is 0.132. The number of anilines is 1. The lowest BCUT2D eigenvalue weighted by molar-refractivity contribution is -0.0523. The van der Waals surface area contributed by atoms with E-state index >= 15 is 0 Å². The number of hydrogen-bond donors (Lipinski definition) is 1. The number of carbonyl (C=O) groups is 2. The second-order valence-electron chi connectivity index (χ2n) is 15.4. The average Bonchev–Trinajstić information content (AvgIpc) is 3.88. The first kappa shape index (κ1) is 42.8. The van der Waals surface area contributed by atoms with Crippen molar-refractivity contribution >= 4 is 47.1 Å². The number of aromatic nitrogens is 2. The molecule has 1 heterocycles. The molecule has 1 atom stereocenters. The molecule has 0 bridgehead atoms. The van der Waals surface area contributed by atoms with E-state index in [1.807, 2.05) is 6.07 Å². The number of ether oxygens (including phenoxy) is 4. The maximum atomic E-state index is 13.8. The van der Waals surface area contributed by atoms with Gasteiger partial charge in [-0.1, -0.05) is 32.9 Å². The van der Waals surface area contributed by atoms with Crippen molar-refractivity contribution in [3.63, 3.8) is 0 Å². The predicted octanol–water partition coefficient (Wildman–Crippen LogP) is 8.70. The minimum atomic E-state index is -3.52. The molecule has 0 radical (unpaired) electrons. The Kier molecular flexibility index (Phi) is 13.6. The number of benzene rings is 2. The van der Waals surface area contributed by atoms with Crippen LogP contribution in [0.4, 0.5) is 24.1 Å². The number of nitrogens with zero attached hydrogens (tertiary/aromatic N) is 3. The fraction of sp³-hybridized carbons (Fsp3) is 0.595. The van der Waals surface area contributed by atoms with Gasteiger partial charge in [-0.05, 0) is 102 Å². The van der Waals surface area contributed by atoms with Crippen LogP contribution in [0.2, 0.25) is 18.1 Å². The topological polar surface area (TPSA) is 148 Å². The molecule has 2 aromatic carbocycles. The number of nitrogens with one attached hydrogen (secondary N) is 1. The van der Waals surface area contributed by atoms with E-state index in [1.165, 1.54) is 23.1 Å². The first-order valence-electron chi connectivity index (χ1n) is 18.3. The Morgan fingerprint density at radius 2 is 1.63 bits per heavy atom. The normalized spacial score (nSPS) is 14.5. The summed E-state index contributed by atoms with van der Waals surface area (Å²) in [5, 5.41) is 3.68. The van der Waals surface area contributed by atoms with E-state index in [9.17, 15) is 26.8 Å². The zero-order chi connectivity index (χ0) is 40.1. The number of amides is 1. The number of carbonyl (C=O) groups excluding carboxylic acids is 2. The van der Waals surface area contributed by atoms with Gasteiger partial charge < -0.3 is 28.3 Å². The maximum Gasteiger partial charge on any atom is 0.435 e. The van der Waals surface area contributed by atoms with E-state index in [4.69, 9.17) is 18.6 Å². The number of sulfonamides is 1. The zero-order valence-corrected chi connectivity index (χ0v) is 34.4. The number of fused-ring (bicyclic) bond motifs is 1. The molecule has 4 rings (SSSR count). The first-order chi connectivity index (χ1) is 25.2. The van der Waals surface area contributed by atoms with Gasteiger partial charge in [0.1, 0.15) is 23.6 Å². The van der Waals surface area contributed by atoms with Gasteiger partial charge in [-0.25, -0.2) is 18.0 Å². The highest BCUT2D eigenvalue weighted by atomic mass is 32.2. The molecule has 0 saturated heterocycles. The molecular weight excluding hydrogens is 743 g/mol. The second-order valence-corrected chi connectivity index (χ2v) is 22.0.